The molecule has 0 aliphatic carbocycles. The third-order valence-electron chi connectivity index (χ3n) is 3.59. The lowest BCUT2D eigenvalue weighted by Crippen LogP contribution is -2.56. The van der Waals surface area contributed by atoms with E-state index in [4.69, 9.17) is 0 Å². The molecule has 2 N–H and O–H groups in total. The van der Waals surface area contributed by atoms with E-state index in [0.29, 0.717) is 17.1 Å². The van der Waals surface area contributed by atoms with Gasteiger partial charge in [-0.05, 0) is 17.7 Å². The highest BCUT2D eigenvalue weighted by Gasteiger charge is 2.48. The molecular weight excluding hydrogens is 350 g/mol. The van der Waals surface area contributed by atoms with Crippen LogP contribution in [-0.4, -0.2) is 43.5 Å². The van der Waals surface area contributed by atoms with E-state index in [1.807, 2.05) is 12.1 Å². The van der Waals surface area contributed by atoms with Gasteiger partial charge in [0.2, 0.25) is 11.8 Å². The Labute approximate surface area is 146 Å². The van der Waals surface area contributed by atoms with E-state index in [0.717, 1.165) is 5.56 Å². The van der Waals surface area contributed by atoms with Crippen molar-refractivity contribution >= 4 is 41.3 Å². The molecule has 0 saturated carbocycles. The van der Waals surface area contributed by atoms with Crippen molar-refractivity contribution in [2.24, 2.45) is 0 Å². The fourth-order valence-electron chi connectivity index (χ4n) is 2.50. The molecule has 1 fully saturated rings. The summed E-state index contributed by atoms with van der Waals surface area (Å²) in [6.07, 6.45) is 3.62. The number of carboxylic acids is 1. The number of rotatable bonds is 5. The molecule has 0 bridgehead atoms. The molecule has 2 aliphatic rings. The van der Waals surface area contributed by atoms with Gasteiger partial charge >= 0.3 is 5.97 Å². The van der Waals surface area contributed by atoms with E-state index in [2.05, 4.69) is 10.3 Å². The van der Waals surface area contributed by atoms with Crippen molar-refractivity contribution < 1.29 is 19.5 Å². The highest BCUT2D eigenvalue weighted by Crippen LogP contribution is 2.47. The maximum absolute atomic E-state index is 11.8. The minimum absolute atomic E-state index is 0.0205. The van der Waals surface area contributed by atoms with Crippen LogP contribution in [-0.2, 0) is 20.1 Å². The fraction of sp³-hybridized carbons (Fsp3) is 0.333. The van der Waals surface area contributed by atoms with Crippen molar-refractivity contribution in [1.82, 2.24) is 15.2 Å². The summed E-state index contributed by atoms with van der Waals surface area (Å²) < 4.78 is 0. The van der Waals surface area contributed by atoms with Gasteiger partial charge in [-0.3, -0.25) is 19.5 Å². The zero-order chi connectivity index (χ0) is 17.3. The summed E-state index contributed by atoms with van der Waals surface area (Å²) >= 11 is 2.72. The lowest BCUT2D eigenvalue weighted by Gasteiger charge is -2.46. The van der Waals surface area contributed by atoms with Gasteiger partial charge in [-0.2, -0.15) is 0 Å². The van der Waals surface area contributed by atoms with Gasteiger partial charge in [-0.25, -0.2) is 4.79 Å². The fourth-order valence-corrected chi connectivity index (χ4v) is 5.29. The molecule has 24 heavy (non-hydrogen) atoms. The maximum atomic E-state index is 11.8. The molecule has 3 heterocycles. The van der Waals surface area contributed by atoms with E-state index in [9.17, 15) is 19.5 Å². The molecule has 0 aromatic carbocycles. The number of carboxylic acid groups (broad SMARTS) is 1. The number of hydrogen-bond acceptors (Lipinski definition) is 6. The number of carbonyl (C=O) groups excluding carboxylic acids is 2. The Balaban J connectivity index is 1.92. The molecule has 126 valence electrons. The van der Waals surface area contributed by atoms with Crippen molar-refractivity contribution in [3.63, 3.8) is 0 Å². The number of β-lactam (4-membered cyclic amide) rings is 1. The first kappa shape index (κ1) is 16.8. The second-order valence-electron chi connectivity index (χ2n) is 5.30. The van der Waals surface area contributed by atoms with Crippen LogP contribution in [0.5, 0.6) is 0 Å². The van der Waals surface area contributed by atoms with Gasteiger partial charge in [0.15, 0.2) is 0 Å². The molecule has 3 rings (SSSR count). The normalized spacial score (nSPS) is 22.7. The minimum atomic E-state index is -1.15. The minimum Gasteiger partial charge on any atom is -0.477 e. The Morgan fingerprint density at radius 1 is 1.46 bits per heavy atom. The number of amides is 2. The topological polar surface area (TPSA) is 99.6 Å². The van der Waals surface area contributed by atoms with Crippen LogP contribution in [0.15, 0.2) is 35.1 Å². The van der Waals surface area contributed by atoms with Crippen molar-refractivity contribution in [3.05, 3.63) is 40.7 Å². The molecule has 7 nitrogen and oxygen atoms in total. The van der Waals surface area contributed by atoms with Crippen LogP contribution in [0, 0.1) is 0 Å². The zero-order valence-corrected chi connectivity index (χ0v) is 14.4. The van der Waals surface area contributed by atoms with Gasteiger partial charge in [0.05, 0.1) is 11.8 Å². The zero-order valence-electron chi connectivity index (χ0n) is 12.8. The average molecular weight is 365 g/mol. The number of nitrogens with zero attached hydrogens (tertiary/aromatic N) is 2. The molecule has 2 amide bonds. The Morgan fingerprint density at radius 3 is 2.75 bits per heavy atom. The van der Waals surface area contributed by atoms with Gasteiger partial charge in [-0.1, -0.05) is 0 Å². The third kappa shape index (κ3) is 3.27. The van der Waals surface area contributed by atoms with E-state index < -0.39 is 11.3 Å². The molecule has 1 aromatic heterocycles. The van der Waals surface area contributed by atoms with Crippen LogP contribution in [0.2, 0.25) is 0 Å². The first-order chi connectivity index (χ1) is 11.5. The van der Waals surface area contributed by atoms with E-state index in [1.54, 1.807) is 12.4 Å². The largest absolute Gasteiger partial charge is 0.477 e. The molecule has 1 unspecified atom stereocenters. The smallest absolute Gasteiger partial charge is 0.353 e. The Kier molecular flexibility index (Phi) is 4.81. The Bertz CT molecular complexity index is 723. The van der Waals surface area contributed by atoms with E-state index in [1.165, 1.54) is 35.3 Å². The van der Waals surface area contributed by atoms with Crippen molar-refractivity contribution in [3.8, 4) is 0 Å². The van der Waals surface area contributed by atoms with Crippen LogP contribution < -0.4 is 5.32 Å². The maximum Gasteiger partial charge on any atom is 0.353 e. The van der Waals surface area contributed by atoms with Gasteiger partial charge in [0.25, 0.3) is 0 Å². The van der Waals surface area contributed by atoms with Gasteiger partial charge < -0.3 is 10.4 Å². The lowest BCUT2D eigenvalue weighted by molar-refractivity contribution is -0.146. The Hall–Kier alpha value is -2.00. The number of thioether (sulfide) groups is 2. The van der Waals surface area contributed by atoms with Crippen LogP contribution in [0.4, 0.5) is 0 Å². The molecule has 2 atom stereocenters. The van der Waals surface area contributed by atoms with Crippen molar-refractivity contribution in [2.75, 3.05) is 0 Å². The quantitative estimate of drug-likeness (QED) is 0.760. The summed E-state index contributed by atoms with van der Waals surface area (Å²) in [6.45, 7) is 1.39. The summed E-state index contributed by atoms with van der Waals surface area (Å²) in [5.41, 5.74) is 0.962. The summed E-state index contributed by atoms with van der Waals surface area (Å²) in [5.74, 6) is -1.06. The average Bonchev–Trinajstić information content (AvgIpc) is 2.53. The second-order valence-corrected chi connectivity index (χ2v) is 7.61. The van der Waals surface area contributed by atoms with Crippen LogP contribution in [0.25, 0.3) is 0 Å². The van der Waals surface area contributed by atoms with E-state index >= 15 is 0 Å². The second kappa shape index (κ2) is 6.86. The lowest BCUT2D eigenvalue weighted by atomic mass is 10.1. The number of fused-ring (bicyclic) bond motifs is 1. The molecule has 9 heteroatoms. The highest BCUT2D eigenvalue weighted by molar-refractivity contribution is 8.06. The molecule has 0 spiro atoms. The molecule has 1 saturated heterocycles. The predicted octanol–water partition coefficient (Wildman–Crippen LogP) is 1.38. The summed E-state index contributed by atoms with van der Waals surface area (Å²) in [6, 6.07) is 3.68. The SMILES string of the molecule is CC(=O)NC1S[C@@H]2CC(=O)N2C(C(=O)O)=C1SCc1ccncc1. The van der Waals surface area contributed by atoms with Crippen LogP contribution >= 0.6 is 23.5 Å². The number of carbonyl (C=O) groups is 3. The number of nitrogens with one attached hydrogen (secondary N) is 1. The van der Waals surface area contributed by atoms with E-state index in [-0.39, 0.29) is 22.9 Å². The molecular formula is C15H15N3O4S2. The third-order valence-corrected chi connectivity index (χ3v) is 6.28. The number of aromatic nitrogens is 1. The molecule has 0 radical (unpaired) electrons. The Morgan fingerprint density at radius 2 is 2.17 bits per heavy atom. The number of hydrogen-bond donors (Lipinski definition) is 2. The van der Waals surface area contributed by atoms with Gasteiger partial charge in [-0.15, -0.1) is 23.5 Å². The first-order valence-corrected chi connectivity index (χ1v) is 9.14. The van der Waals surface area contributed by atoms with Crippen molar-refractivity contribution in [2.45, 2.75) is 29.8 Å². The standard InChI is InChI=1S/C15H15N3O4S2/c1-8(19)17-14-13(23-7-9-2-4-16-5-3-9)12(15(21)22)18-10(20)6-11(18)24-14/h2-5,11,14H,6-7H2,1H3,(H,17,19)(H,21,22)/t11-,14?/m1/s1. The number of aliphatic carboxylic acids is 1. The summed E-state index contributed by atoms with van der Waals surface area (Å²) in [7, 11) is 0. The summed E-state index contributed by atoms with van der Waals surface area (Å²) in [4.78, 5) is 40.8. The van der Waals surface area contributed by atoms with Gasteiger partial charge in [0, 0.05) is 30.0 Å². The first-order valence-electron chi connectivity index (χ1n) is 7.21. The number of pyridine rings is 1. The van der Waals surface area contributed by atoms with Crippen LogP contribution in [0.3, 0.4) is 0 Å². The summed E-state index contributed by atoms with van der Waals surface area (Å²) in [5, 5.41) is 11.7. The van der Waals surface area contributed by atoms with Crippen LogP contribution in [0.1, 0.15) is 18.9 Å². The predicted molar refractivity (Wildman–Crippen MR) is 90.6 cm³/mol. The van der Waals surface area contributed by atoms with Crippen molar-refractivity contribution in [1.29, 1.82) is 0 Å². The highest BCUT2D eigenvalue weighted by atomic mass is 32.2. The van der Waals surface area contributed by atoms with Gasteiger partial charge in [0.1, 0.15) is 11.1 Å². The molecule has 2 aliphatic heterocycles. The monoisotopic (exact) mass is 365 g/mol. The molecule has 1 aromatic rings.